The highest BCUT2D eigenvalue weighted by atomic mass is 32.2. The molecule has 0 radical (unpaired) electrons. The Morgan fingerprint density at radius 2 is 0.824 bits per heavy atom. The first kappa shape index (κ1) is 55.1. The number of amides is 1. The number of nitrogens with two attached hydrogens (primary N) is 1. The van der Waals surface area contributed by atoms with Crippen molar-refractivity contribution in [1.82, 2.24) is 21.3 Å². The van der Waals surface area contributed by atoms with Gasteiger partial charge in [0.1, 0.15) is 5.78 Å². The van der Waals surface area contributed by atoms with Gasteiger partial charge in [-0.25, -0.2) is 0 Å². The van der Waals surface area contributed by atoms with Crippen LogP contribution in [0.3, 0.4) is 0 Å². The van der Waals surface area contributed by atoms with Crippen molar-refractivity contribution in [2.24, 2.45) is 5.73 Å². The molecule has 6 N–H and O–H groups in total. The molecule has 0 rings (SSSR count). The van der Waals surface area contributed by atoms with Crippen LogP contribution in [0.1, 0.15) is 118 Å². The Morgan fingerprint density at radius 1 is 0.529 bits per heavy atom. The van der Waals surface area contributed by atoms with Crippen molar-refractivity contribution in [3.8, 4) is 0 Å². The van der Waals surface area contributed by atoms with Crippen LogP contribution in [0.25, 0.3) is 0 Å². The Labute approximate surface area is 333 Å². The highest BCUT2D eigenvalue weighted by Crippen LogP contribution is 2.06. The van der Waals surface area contributed by atoms with Gasteiger partial charge < -0.3 is 16.4 Å². The predicted molar refractivity (Wildman–Crippen MR) is 235 cm³/mol. The minimum atomic E-state index is -0.506. The zero-order valence-electron chi connectivity index (χ0n) is 35.5. The molecule has 0 aromatic heterocycles. The van der Waals surface area contributed by atoms with E-state index in [1.54, 1.807) is 56.3 Å². The Hall–Kier alpha value is -0.280. The number of thioether (sulfide) groups is 4. The molecule has 0 bridgehead atoms. The number of unbranched alkanes of at least 4 members (excludes halogenated alkanes) is 11. The molecule has 0 heterocycles. The van der Waals surface area contributed by atoms with Gasteiger partial charge in [0.05, 0.1) is 37.3 Å². The molecule has 51 heavy (non-hydrogen) atoms. The van der Waals surface area contributed by atoms with Gasteiger partial charge in [-0.2, -0.15) is 47.0 Å². The molecular weight excluding hydrogens is 719 g/mol. The highest BCUT2D eigenvalue weighted by molar-refractivity contribution is 7.99. The molecule has 0 spiro atoms. The number of Topliss-reactive ketones (excluding diaryl/α,β-unsaturated/α-hetero) is 3. The number of primary amides is 1. The van der Waals surface area contributed by atoms with E-state index in [0.29, 0.717) is 17.3 Å². The largest absolute Gasteiger partial charge is 0.368 e. The van der Waals surface area contributed by atoms with E-state index in [-0.39, 0.29) is 48.6 Å². The first-order valence-electron chi connectivity index (χ1n) is 19.5. The molecule has 0 fully saturated rings. The number of ketones is 3. The summed E-state index contributed by atoms with van der Waals surface area (Å²) in [6, 6.07) is -1.07. The molecule has 4 unspecified atom stereocenters. The maximum absolute atomic E-state index is 11.9. The molecule has 13 heteroatoms. The van der Waals surface area contributed by atoms with Gasteiger partial charge in [-0.3, -0.25) is 29.8 Å². The maximum atomic E-state index is 11.9. The summed E-state index contributed by atoms with van der Waals surface area (Å²) in [7, 11) is 3.53. The first-order valence-corrected chi connectivity index (χ1v) is 24.6. The van der Waals surface area contributed by atoms with E-state index in [0.717, 1.165) is 5.75 Å². The summed E-state index contributed by atoms with van der Waals surface area (Å²) in [6.07, 6.45) is 26.2. The van der Waals surface area contributed by atoms with E-state index in [1.165, 1.54) is 95.2 Å². The van der Waals surface area contributed by atoms with Crippen LogP contribution in [0, 0.1) is 0 Å². The van der Waals surface area contributed by atoms with Gasteiger partial charge in [-0.1, -0.05) is 111 Å². The van der Waals surface area contributed by atoms with Crippen LogP contribution in [-0.2, 0) is 19.2 Å². The van der Waals surface area contributed by atoms with E-state index in [4.69, 9.17) is 1.41 Å². The van der Waals surface area contributed by atoms with Crippen LogP contribution in [0.15, 0.2) is 0 Å². The van der Waals surface area contributed by atoms with Crippen molar-refractivity contribution in [2.45, 2.75) is 142 Å². The molecule has 1 amide bonds. The third-order valence-electron chi connectivity index (χ3n) is 7.82. The monoisotopic (exact) mass is 802 g/mol. The number of hydrogen-bond acceptors (Lipinski definition) is 12. The van der Waals surface area contributed by atoms with Crippen LogP contribution < -0.4 is 27.0 Å². The Bertz CT molecular complexity index is 809. The summed E-state index contributed by atoms with van der Waals surface area (Å²) in [5.74, 6) is 2.49. The van der Waals surface area contributed by atoms with E-state index in [1.807, 2.05) is 30.7 Å². The number of carbonyl (C=O) groups excluding carboxylic acids is 4. The molecule has 0 aromatic carbocycles. The Kier molecular flexibility index (Phi) is 49.5. The number of likely N-dealkylation sites (N-methyl/N-ethyl adjacent to an activating group) is 2. The summed E-state index contributed by atoms with van der Waals surface area (Å²) in [6.45, 7) is 11.0. The molecule has 0 saturated carbocycles. The van der Waals surface area contributed by atoms with Crippen LogP contribution in [-0.4, -0.2) is 123 Å². The van der Waals surface area contributed by atoms with Crippen molar-refractivity contribution in [3.05, 3.63) is 0 Å². The topological polar surface area (TPSA) is 142 Å². The van der Waals surface area contributed by atoms with Gasteiger partial charge in [0.2, 0.25) is 5.91 Å². The van der Waals surface area contributed by atoms with Gasteiger partial charge >= 0.3 is 0 Å². The molecule has 0 aliphatic rings. The van der Waals surface area contributed by atoms with Gasteiger partial charge in [-0.05, 0) is 46.0 Å². The second kappa shape index (κ2) is 45.9. The molecule has 4 atom stereocenters. The molecule has 0 aromatic rings. The Balaban J connectivity index is -0.000000313. The zero-order chi connectivity index (χ0) is 40.4. The van der Waals surface area contributed by atoms with Crippen molar-refractivity contribution >= 4 is 70.3 Å². The fourth-order valence-corrected chi connectivity index (χ4v) is 7.13. The average Bonchev–Trinajstić information content (AvgIpc) is 3.14. The minimum absolute atomic E-state index is 0.0238. The van der Waals surface area contributed by atoms with Crippen molar-refractivity contribution in [1.29, 1.82) is 0 Å². The highest BCUT2D eigenvalue weighted by Gasteiger charge is 2.20. The van der Waals surface area contributed by atoms with E-state index >= 15 is 0 Å². The first-order chi connectivity index (χ1) is 25.0. The molecule has 9 nitrogen and oxygen atoms in total. The van der Waals surface area contributed by atoms with E-state index in [2.05, 4.69) is 49.0 Å². The summed E-state index contributed by atoms with van der Waals surface area (Å²) in [4.78, 5) is 46.4. The lowest BCUT2D eigenvalue weighted by Crippen LogP contribution is -2.49. The summed E-state index contributed by atoms with van der Waals surface area (Å²) >= 11 is 6.32. The Morgan fingerprint density at radius 3 is 1.10 bits per heavy atom. The fraction of sp³-hybridized carbons (Fsp3) is 0.895. The van der Waals surface area contributed by atoms with Crippen LogP contribution in [0.4, 0.5) is 0 Å². The quantitative estimate of drug-likeness (QED) is 0.0468. The lowest BCUT2D eigenvalue weighted by molar-refractivity contribution is -0.122. The van der Waals surface area contributed by atoms with Crippen LogP contribution in [0.5, 0.6) is 0 Å². The number of carbonyl (C=O) groups is 4. The minimum Gasteiger partial charge on any atom is -0.368 e. The molecule has 0 aliphatic heterocycles. The fourth-order valence-electron chi connectivity index (χ4n) is 4.47. The molecular formula is C38H81N5O4S4. The van der Waals surface area contributed by atoms with Crippen molar-refractivity contribution < 1.29 is 20.6 Å². The van der Waals surface area contributed by atoms with Crippen LogP contribution >= 0.6 is 47.0 Å². The van der Waals surface area contributed by atoms with Crippen molar-refractivity contribution in [2.75, 3.05) is 75.2 Å². The SMILES string of the molecule is CCCCCCCC.CCCCCCCCC.CNC(CSC)C(=O)CNC(CSC)C(C)=O.[3H]NC(=O)C(CSC)NCC(=O)C(CSC)NC. The second-order valence-corrected chi connectivity index (χ2v) is 16.1. The third-order valence-corrected chi connectivity index (χ3v) is 10.5. The molecule has 0 aliphatic carbocycles. The zero-order valence-corrected chi connectivity index (χ0v) is 37.8. The van der Waals surface area contributed by atoms with E-state index < -0.39 is 11.9 Å². The second-order valence-electron chi connectivity index (χ2n) is 12.5. The van der Waals surface area contributed by atoms with Gasteiger partial charge in [0.15, 0.2) is 13.0 Å². The summed E-state index contributed by atoms with van der Waals surface area (Å²) < 4.78 is 6.84. The maximum Gasteiger partial charge on any atom is 0.235 e. The van der Waals surface area contributed by atoms with Crippen LogP contribution in [0.2, 0.25) is 1.41 Å². The van der Waals surface area contributed by atoms with Crippen molar-refractivity contribution in [3.63, 3.8) is 0 Å². The van der Waals surface area contributed by atoms with Gasteiger partial charge in [0, 0.05) is 23.0 Å². The number of nitrogens with one attached hydrogen (secondary N) is 4. The number of hydrogen-bond donors (Lipinski definition) is 5. The molecule has 0 saturated heterocycles. The van der Waals surface area contributed by atoms with Gasteiger partial charge in [0.25, 0.3) is 0 Å². The molecule has 306 valence electrons. The lowest BCUT2D eigenvalue weighted by Gasteiger charge is -2.17. The smallest absolute Gasteiger partial charge is 0.235 e. The van der Waals surface area contributed by atoms with Gasteiger partial charge in [-0.15, -0.1) is 0 Å². The lowest BCUT2D eigenvalue weighted by atomic mass is 10.1. The van der Waals surface area contributed by atoms with E-state index in [9.17, 15) is 19.2 Å². The average molecular weight is 802 g/mol. The number of rotatable bonds is 31. The standard InChI is InChI=1S/C11H22N2O2S2.C10H21N3O2S2.C9H20.C8H18/c1-8(14)9(6-16-3)13-5-11(15)10(12-2)7-17-4;1-12-7(5-16-2)9(14)4-13-8(6-17-3)10(11)15;1-3-5-7-9-8-6-4-2;1-3-5-7-8-6-4-2/h9-10,12-13H,5-7H2,1-4H3;7-8,12-13H,4-6H2,1-3H3,(H2,11,15);3-9H2,1-2H3;3-8H2,1-2H3/i/hT. The third kappa shape index (κ3) is 40.7. The normalized spacial score (nSPS) is 13.0. The summed E-state index contributed by atoms with van der Waals surface area (Å²) in [5.41, 5.74) is 1.85. The predicted octanol–water partition coefficient (Wildman–Crippen LogP) is 6.85. The summed E-state index contributed by atoms with van der Waals surface area (Å²) in [5, 5.41) is 11.9.